The van der Waals surface area contributed by atoms with E-state index in [1.54, 1.807) is 0 Å². The fourth-order valence-corrected chi connectivity index (χ4v) is 1.78. The molecule has 0 N–H and O–H groups in total. The second kappa shape index (κ2) is 6.74. The van der Waals surface area contributed by atoms with Crippen LogP contribution >= 0.6 is 0 Å². The molecule has 2 nitrogen and oxygen atoms in total. The van der Waals surface area contributed by atoms with E-state index < -0.39 is 0 Å². The summed E-state index contributed by atoms with van der Waals surface area (Å²) in [6.45, 7) is 2.44. The highest BCUT2D eigenvalue weighted by atomic mass is 16.5. The average Bonchev–Trinajstić information content (AvgIpc) is 2.47. The number of carbonyl (C=O) groups is 1. The Morgan fingerprint density at radius 2 is 1.63 bits per heavy atom. The van der Waals surface area contributed by atoms with Crippen molar-refractivity contribution in [1.29, 1.82) is 0 Å². The molecule has 19 heavy (non-hydrogen) atoms. The Labute approximate surface area is 114 Å². The highest BCUT2D eigenvalue weighted by Crippen LogP contribution is 2.19. The van der Waals surface area contributed by atoms with Gasteiger partial charge in [-0.3, -0.25) is 4.79 Å². The van der Waals surface area contributed by atoms with Gasteiger partial charge in [-0.1, -0.05) is 61.5 Å². The Kier molecular flexibility index (Phi) is 4.73. The second-order valence-electron chi connectivity index (χ2n) is 4.30. The van der Waals surface area contributed by atoms with Gasteiger partial charge in [-0.05, 0) is 23.1 Å². The fourth-order valence-electron chi connectivity index (χ4n) is 1.78. The molecular formula is C17H17O2. The zero-order chi connectivity index (χ0) is 13.5. The molecule has 0 heterocycles. The van der Waals surface area contributed by atoms with Crippen LogP contribution in [0.4, 0.5) is 0 Å². The first-order valence-electron chi connectivity index (χ1n) is 6.46. The van der Waals surface area contributed by atoms with Gasteiger partial charge in [-0.25, -0.2) is 0 Å². The monoisotopic (exact) mass is 253 g/mol. The van der Waals surface area contributed by atoms with Gasteiger partial charge in [-0.15, -0.1) is 0 Å². The summed E-state index contributed by atoms with van der Waals surface area (Å²) in [5, 5.41) is 0. The molecule has 0 saturated heterocycles. The third-order valence-corrected chi connectivity index (χ3v) is 2.75. The first-order chi connectivity index (χ1) is 9.29. The lowest BCUT2D eigenvalue weighted by Crippen LogP contribution is -2.06. The highest BCUT2D eigenvalue weighted by molar-refractivity contribution is 5.83. The van der Waals surface area contributed by atoms with E-state index in [1.807, 2.05) is 49.4 Å². The Morgan fingerprint density at radius 1 is 1.00 bits per heavy atom. The van der Waals surface area contributed by atoms with E-state index in [0.29, 0.717) is 6.61 Å². The van der Waals surface area contributed by atoms with Crippen LogP contribution in [0.25, 0.3) is 11.1 Å². The van der Waals surface area contributed by atoms with Crippen molar-refractivity contribution in [3.63, 3.8) is 0 Å². The number of rotatable bonds is 5. The van der Waals surface area contributed by atoms with E-state index in [-0.39, 0.29) is 5.97 Å². The van der Waals surface area contributed by atoms with E-state index in [2.05, 4.69) is 12.1 Å². The SMILES string of the molecule is CCCOC(=O)[CH]c1ccc(-c2ccccc2)cc1. The van der Waals surface area contributed by atoms with Gasteiger partial charge in [-0.2, -0.15) is 0 Å². The number of ether oxygens (including phenoxy) is 1. The fraction of sp³-hybridized carbons (Fsp3) is 0.176. The molecule has 0 bridgehead atoms. The van der Waals surface area contributed by atoms with Gasteiger partial charge in [0, 0.05) is 0 Å². The third kappa shape index (κ3) is 3.95. The smallest absolute Gasteiger partial charge is 0.314 e. The maximum absolute atomic E-state index is 11.4. The molecule has 0 aromatic heterocycles. The van der Waals surface area contributed by atoms with Crippen LogP contribution in [0, 0.1) is 6.42 Å². The number of hydrogen-bond donors (Lipinski definition) is 0. The van der Waals surface area contributed by atoms with E-state index in [9.17, 15) is 4.79 Å². The Hall–Kier alpha value is -2.09. The molecule has 0 spiro atoms. The van der Waals surface area contributed by atoms with Crippen LogP contribution in [0.15, 0.2) is 54.6 Å². The first-order valence-corrected chi connectivity index (χ1v) is 6.46. The van der Waals surface area contributed by atoms with Crippen molar-refractivity contribution >= 4 is 5.97 Å². The van der Waals surface area contributed by atoms with Gasteiger partial charge in [0.15, 0.2) is 0 Å². The standard InChI is InChI=1S/C17H17O2/c1-2-12-19-17(18)13-14-8-10-16(11-9-14)15-6-4-3-5-7-15/h3-11,13H,2,12H2,1H3. The minimum Gasteiger partial charge on any atom is -0.465 e. The summed E-state index contributed by atoms with van der Waals surface area (Å²) in [5.74, 6) is -0.283. The van der Waals surface area contributed by atoms with E-state index in [0.717, 1.165) is 17.5 Å². The van der Waals surface area contributed by atoms with Crippen molar-refractivity contribution < 1.29 is 9.53 Å². The molecule has 0 amide bonds. The Balaban J connectivity index is 2.01. The predicted octanol–water partition coefficient (Wildman–Crippen LogP) is 3.86. The lowest BCUT2D eigenvalue weighted by atomic mass is 10.0. The van der Waals surface area contributed by atoms with E-state index in [1.165, 1.54) is 12.0 Å². The van der Waals surface area contributed by atoms with Crippen LogP contribution in [0.3, 0.4) is 0 Å². The second-order valence-corrected chi connectivity index (χ2v) is 4.30. The van der Waals surface area contributed by atoms with Gasteiger partial charge in [0.2, 0.25) is 0 Å². The van der Waals surface area contributed by atoms with Crippen LogP contribution in [0.5, 0.6) is 0 Å². The van der Waals surface area contributed by atoms with Crippen molar-refractivity contribution in [2.45, 2.75) is 13.3 Å². The average molecular weight is 253 g/mol. The zero-order valence-corrected chi connectivity index (χ0v) is 11.0. The van der Waals surface area contributed by atoms with Crippen molar-refractivity contribution in [2.75, 3.05) is 6.61 Å². The van der Waals surface area contributed by atoms with Gasteiger partial charge in [0.05, 0.1) is 13.0 Å². The zero-order valence-electron chi connectivity index (χ0n) is 11.0. The normalized spacial score (nSPS) is 10.2. The largest absolute Gasteiger partial charge is 0.465 e. The summed E-state index contributed by atoms with van der Waals surface area (Å²) in [7, 11) is 0. The summed E-state index contributed by atoms with van der Waals surface area (Å²) in [4.78, 5) is 11.4. The maximum Gasteiger partial charge on any atom is 0.314 e. The molecule has 0 atom stereocenters. The molecule has 97 valence electrons. The molecule has 2 rings (SSSR count). The van der Waals surface area contributed by atoms with Crippen molar-refractivity contribution in [1.82, 2.24) is 0 Å². The summed E-state index contributed by atoms with van der Waals surface area (Å²) in [5.41, 5.74) is 3.17. The van der Waals surface area contributed by atoms with Crippen molar-refractivity contribution in [3.05, 3.63) is 66.6 Å². The Morgan fingerprint density at radius 3 is 2.26 bits per heavy atom. The Bertz CT molecular complexity index is 515. The molecule has 0 unspecified atom stereocenters. The molecular weight excluding hydrogens is 236 g/mol. The minimum atomic E-state index is -0.283. The molecule has 2 heteroatoms. The third-order valence-electron chi connectivity index (χ3n) is 2.75. The van der Waals surface area contributed by atoms with Gasteiger partial charge in [0.1, 0.15) is 0 Å². The molecule has 1 radical (unpaired) electrons. The van der Waals surface area contributed by atoms with Crippen molar-refractivity contribution in [3.8, 4) is 11.1 Å². The van der Waals surface area contributed by atoms with Gasteiger partial charge in [0.25, 0.3) is 0 Å². The highest BCUT2D eigenvalue weighted by Gasteiger charge is 2.05. The lowest BCUT2D eigenvalue weighted by Gasteiger charge is -2.05. The summed E-state index contributed by atoms with van der Waals surface area (Å²) >= 11 is 0. The number of benzene rings is 2. The number of hydrogen-bond acceptors (Lipinski definition) is 2. The predicted molar refractivity (Wildman–Crippen MR) is 76.5 cm³/mol. The molecule has 0 aliphatic heterocycles. The summed E-state index contributed by atoms with van der Waals surface area (Å²) in [6.07, 6.45) is 2.36. The van der Waals surface area contributed by atoms with Crippen molar-refractivity contribution in [2.24, 2.45) is 0 Å². The van der Waals surface area contributed by atoms with Gasteiger partial charge < -0.3 is 4.74 Å². The first kappa shape index (κ1) is 13.3. The molecule has 2 aromatic carbocycles. The quantitative estimate of drug-likeness (QED) is 0.756. The summed E-state index contributed by atoms with van der Waals surface area (Å²) < 4.78 is 5.02. The maximum atomic E-state index is 11.4. The molecule has 2 aromatic rings. The molecule has 0 fully saturated rings. The summed E-state index contributed by atoms with van der Waals surface area (Å²) in [6, 6.07) is 18.0. The number of esters is 1. The molecule has 0 saturated carbocycles. The van der Waals surface area contributed by atoms with Crippen LogP contribution < -0.4 is 0 Å². The number of carbonyl (C=O) groups excluding carboxylic acids is 1. The van der Waals surface area contributed by atoms with Crippen LogP contribution in [0.2, 0.25) is 0 Å². The van der Waals surface area contributed by atoms with Crippen LogP contribution in [0.1, 0.15) is 18.9 Å². The van der Waals surface area contributed by atoms with Gasteiger partial charge >= 0.3 is 5.97 Å². The van der Waals surface area contributed by atoms with Crippen LogP contribution in [-0.4, -0.2) is 12.6 Å². The molecule has 0 aliphatic rings. The lowest BCUT2D eigenvalue weighted by molar-refractivity contribution is -0.139. The van der Waals surface area contributed by atoms with Crippen LogP contribution in [-0.2, 0) is 9.53 Å². The minimum absolute atomic E-state index is 0.283. The van der Waals surface area contributed by atoms with E-state index in [4.69, 9.17) is 4.74 Å². The molecule has 0 aliphatic carbocycles. The van der Waals surface area contributed by atoms with E-state index >= 15 is 0 Å². The topological polar surface area (TPSA) is 26.3 Å².